The molecule has 20 heavy (non-hydrogen) atoms. The van der Waals surface area contributed by atoms with Crippen molar-refractivity contribution < 1.29 is 9.53 Å². The SMILES string of the molecule is CCCCCC[C@H]1C[C@@H]1C(=O)c1ccc(OCC)cc1. The molecule has 0 saturated heterocycles. The van der Waals surface area contributed by atoms with E-state index in [1.807, 2.05) is 31.2 Å². The van der Waals surface area contributed by atoms with Crippen LogP contribution in [-0.4, -0.2) is 12.4 Å². The fourth-order valence-corrected chi connectivity index (χ4v) is 2.82. The maximum atomic E-state index is 12.3. The van der Waals surface area contributed by atoms with Crippen LogP contribution in [0.2, 0.25) is 0 Å². The monoisotopic (exact) mass is 274 g/mol. The first kappa shape index (κ1) is 15.1. The Hall–Kier alpha value is -1.31. The summed E-state index contributed by atoms with van der Waals surface area (Å²) in [6, 6.07) is 7.60. The van der Waals surface area contributed by atoms with E-state index in [-0.39, 0.29) is 5.92 Å². The van der Waals surface area contributed by atoms with Crippen LogP contribution in [-0.2, 0) is 0 Å². The molecule has 0 bridgehead atoms. The van der Waals surface area contributed by atoms with Crippen molar-refractivity contribution in [3.63, 3.8) is 0 Å². The van der Waals surface area contributed by atoms with Crippen LogP contribution in [0.15, 0.2) is 24.3 Å². The Balaban J connectivity index is 1.78. The van der Waals surface area contributed by atoms with E-state index >= 15 is 0 Å². The first-order valence-electron chi connectivity index (χ1n) is 8.03. The van der Waals surface area contributed by atoms with E-state index in [0.717, 1.165) is 17.7 Å². The minimum absolute atomic E-state index is 0.287. The van der Waals surface area contributed by atoms with Crippen LogP contribution in [0.3, 0.4) is 0 Å². The van der Waals surface area contributed by atoms with Gasteiger partial charge < -0.3 is 4.74 Å². The normalized spacial score (nSPS) is 20.7. The summed E-state index contributed by atoms with van der Waals surface area (Å²) in [6.07, 6.45) is 7.53. The molecule has 0 heterocycles. The molecular formula is C18H26O2. The van der Waals surface area contributed by atoms with Crippen molar-refractivity contribution >= 4 is 5.78 Å². The van der Waals surface area contributed by atoms with Crippen LogP contribution < -0.4 is 4.74 Å². The summed E-state index contributed by atoms with van der Waals surface area (Å²) in [5.41, 5.74) is 0.842. The second kappa shape index (κ2) is 7.47. The van der Waals surface area contributed by atoms with Gasteiger partial charge in [0.2, 0.25) is 0 Å². The molecule has 1 aliphatic rings. The predicted molar refractivity (Wildman–Crippen MR) is 82.3 cm³/mol. The average Bonchev–Trinajstić information content (AvgIpc) is 3.24. The van der Waals surface area contributed by atoms with Crippen LogP contribution in [0.1, 0.15) is 62.7 Å². The number of ether oxygens (including phenoxy) is 1. The van der Waals surface area contributed by atoms with E-state index in [1.165, 1.54) is 32.1 Å². The third kappa shape index (κ3) is 4.09. The molecule has 110 valence electrons. The molecule has 0 aromatic heterocycles. The van der Waals surface area contributed by atoms with Crippen LogP contribution in [0, 0.1) is 11.8 Å². The zero-order valence-electron chi connectivity index (χ0n) is 12.7. The highest BCUT2D eigenvalue weighted by atomic mass is 16.5. The van der Waals surface area contributed by atoms with Crippen LogP contribution in [0.25, 0.3) is 0 Å². The highest BCUT2D eigenvalue weighted by Crippen LogP contribution is 2.44. The van der Waals surface area contributed by atoms with Gasteiger partial charge in [-0.3, -0.25) is 4.79 Å². The minimum Gasteiger partial charge on any atom is -0.494 e. The molecule has 2 rings (SSSR count). The van der Waals surface area contributed by atoms with Gasteiger partial charge in [0.25, 0.3) is 0 Å². The Kier molecular flexibility index (Phi) is 5.63. The van der Waals surface area contributed by atoms with Gasteiger partial charge in [0.05, 0.1) is 6.61 Å². The predicted octanol–water partition coefficient (Wildman–Crippen LogP) is 4.87. The molecule has 1 aliphatic carbocycles. The van der Waals surface area contributed by atoms with Gasteiger partial charge in [0.1, 0.15) is 5.75 Å². The summed E-state index contributed by atoms with van der Waals surface area (Å²) >= 11 is 0. The Morgan fingerprint density at radius 2 is 1.90 bits per heavy atom. The summed E-state index contributed by atoms with van der Waals surface area (Å²) in [4.78, 5) is 12.3. The van der Waals surface area contributed by atoms with Crippen molar-refractivity contribution in [1.29, 1.82) is 0 Å². The standard InChI is InChI=1S/C18H26O2/c1-3-5-6-7-8-15-13-17(15)18(19)14-9-11-16(12-10-14)20-4-2/h9-12,15,17H,3-8,13H2,1-2H3/t15-,17-/m0/s1. The number of hydrogen-bond donors (Lipinski definition) is 0. The van der Waals surface area contributed by atoms with Crippen LogP contribution in [0.4, 0.5) is 0 Å². The summed E-state index contributed by atoms with van der Waals surface area (Å²) in [7, 11) is 0. The Labute approximate surface area is 122 Å². The van der Waals surface area contributed by atoms with E-state index in [4.69, 9.17) is 4.74 Å². The van der Waals surface area contributed by atoms with Gasteiger partial charge >= 0.3 is 0 Å². The smallest absolute Gasteiger partial charge is 0.166 e. The largest absolute Gasteiger partial charge is 0.494 e. The number of unbranched alkanes of at least 4 members (excludes halogenated alkanes) is 3. The lowest BCUT2D eigenvalue weighted by Gasteiger charge is -2.04. The van der Waals surface area contributed by atoms with Gasteiger partial charge in [-0.05, 0) is 49.9 Å². The number of hydrogen-bond acceptors (Lipinski definition) is 2. The van der Waals surface area contributed by atoms with Crippen molar-refractivity contribution in [2.24, 2.45) is 11.8 Å². The summed E-state index contributed by atoms with van der Waals surface area (Å²) in [5.74, 6) is 2.10. The first-order valence-corrected chi connectivity index (χ1v) is 8.03. The molecule has 2 nitrogen and oxygen atoms in total. The maximum Gasteiger partial charge on any atom is 0.166 e. The first-order chi connectivity index (χ1) is 9.76. The number of ketones is 1. The fourth-order valence-electron chi connectivity index (χ4n) is 2.82. The molecule has 0 unspecified atom stereocenters. The Morgan fingerprint density at radius 3 is 2.55 bits per heavy atom. The second-order valence-electron chi connectivity index (χ2n) is 5.77. The summed E-state index contributed by atoms with van der Waals surface area (Å²) in [5, 5.41) is 0. The Bertz CT molecular complexity index is 422. The molecule has 0 amide bonds. The molecular weight excluding hydrogens is 248 g/mol. The van der Waals surface area contributed by atoms with Crippen LogP contribution in [0.5, 0.6) is 5.75 Å². The third-order valence-corrected chi connectivity index (χ3v) is 4.14. The maximum absolute atomic E-state index is 12.3. The van der Waals surface area contributed by atoms with Gasteiger partial charge in [-0.25, -0.2) is 0 Å². The van der Waals surface area contributed by atoms with Crippen molar-refractivity contribution in [3.8, 4) is 5.75 Å². The molecule has 1 aromatic rings. The lowest BCUT2D eigenvalue weighted by Crippen LogP contribution is -2.03. The fraction of sp³-hybridized carbons (Fsp3) is 0.611. The molecule has 1 aromatic carbocycles. The molecule has 1 fully saturated rings. The molecule has 1 saturated carbocycles. The van der Waals surface area contributed by atoms with E-state index in [2.05, 4.69) is 6.92 Å². The van der Waals surface area contributed by atoms with Crippen molar-refractivity contribution in [2.75, 3.05) is 6.61 Å². The molecule has 0 N–H and O–H groups in total. The molecule has 0 aliphatic heterocycles. The molecule has 0 radical (unpaired) electrons. The summed E-state index contributed by atoms with van der Waals surface area (Å²) in [6.45, 7) is 4.86. The van der Waals surface area contributed by atoms with Gasteiger partial charge in [0.15, 0.2) is 5.78 Å². The molecule has 2 heteroatoms. The van der Waals surface area contributed by atoms with Gasteiger partial charge in [-0.1, -0.05) is 32.6 Å². The van der Waals surface area contributed by atoms with Gasteiger partial charge in [-0.2, -0.15) is 0 Å². The number of carbonyl (C=O) groups is 1. The Morgan fingerprint density at radius 1 is 1.15 bits per heavy atom. The number of benzene rings is 1. The van der Waals surface area contributed by atoms with E-state index < -0.39 is 0 Å². The number of rotatable bonds is 9. The van der Waals surface area contributed by atoms with Gasteiger partial charge in [0, 0.05) is 11.5 Å². The zero-order chi connectivity index (χ0) is 14.4. The third-order valence-electron chi connectivity index (χ3n) is 4.14. The van der Waals surface area contributed by atoms with Crippen molar-refractivity contribution in [1.82, 2.24) is 0 Å². The highest BCUT2D eigenvalue weighted by Gasteiger charge is 2.42. The van der Waals surface area contributed by atoms with E-state index in [0.29, 0.717) is 18.3 Å². The summed E-state index contributed by atoms with van der Waals surface area (Å²) < 4.78 is 5.40. The van der Waals surface area contributed by atoms with Crippen molar-refractivity contribution in [3.05, 3.63) is 29.8 Å². The zero-order valence-corrected chi connectivity index (χ0v) is 12.7. The second-order valence-corrected chi connectivity index (χ2v) is 5.77. The van der Waals surface area contributed by atoms with E-state index in [1.54, 1.807) is 0 Å². The lowest BCUT2D eigenvalue weighted by molar-refractivity contribution is 0.0960. The topological polar surface area (TPSA) is 26.3 Å². The number of Topliss-reactive ketones (excluding diaryl/α,β-unsaturated/α-hetero) is 1. The lowest BCUT2D eigenvalue weighted by atomic mass is 10.0. The van der Waals surface area contributed by atoms with Crippen LogP contribution >= 0.6 is 0 Å². The van der Waals surface area contributed by atoms with E-state index in [9.17, 15) is 4.79 Å². The van der Waals surface area contributed by atoms with Crippen molar-refractivity contribution in [2.45, 2.75) is 52.4 Å². The highest BCUT2D eigenvalue weighted by molar-refractivity contribution is 5.99. The quantitative estimate of drug-likeness (QED) is 0.474. The van der Waals surface area contributed by atoms with Gasteiger partial charge in [-0.15, -0.1) is 0 Å². The average molecular weight is 274 g/mol. The molecule has 0 spiro atoms. The minimum atomic E-state index is 0.287. The number of carbonyl (C=O) groups excluding carboxylic acids is 1. The molecule has 2 atom stereocenters.